The molecule has 1 aliphatic rings. The number of ether oxygens (including phenoxy) is 1. The van der Waals surface area contributed by atoms with Gasteiger partial charge in [0.15, 0.2) is 0 Å². The van der Waals surface area contributed by atoms with Gasteiger partial charge in [-0.2, -0.15) is 0 Å². The number of imide groups is 1. The second-order valence-electron chi connectivity index (χ2n) is 6.59. The van der Waals surface area contributed by atoms with Gasteiger partial charge >= 0.3 is 0 Å². The molecular weight excluding hydrogens is 407 g/mol. The molecule has 0 spiro atoms. The van der Waals surface area contributed by atoms with Crippen molar-refractivity contribution in [3.05, 3.63) is 64.8 Å². The number of hydrogen-bond donors (Lipinski definition) is 1. The van der Waals surface area contributed by atoms with Crippen LogP contribution in [0.25, 0.3) is 6.08 Å². The molecule has 1 N–H and O–H groups in total. The summed E-state index contributed by atoms with van der Waals surface area (Å²) in [6.07, 6.45) is 3.64. The Bertz CT molecular complexity index is 958. The fourth-order valence-corrected chi connectivity index (χ4v) is 3.50. The van der Waals surface area contributed by atoms with E-state index in [9.17, 15) is 18.8 Å². The zero-order valence-corrected chi connectivity index (χ0v) is 17.2. The highest BCUT2D eigenvalue weighted by Gasteiger charge is 2.36. The average molecular weight is 428 g/mol. The monoisotopic (exact) mass is 428 g/mol. The Morgan fingerprint density at radius 1 is 1.13 bits per heavy atom. The van der Waals surface area contributed by atoms with E-state index in [1.54, 1.807) is 18.2 Å². The van der Waals surface area contributed by atoms with E-state index >= 15 is 0 Å². The molecule has 30 heavy (non-hydrogen) atoms. The molecule has 2 aromatic rings. The van der Waals surface area contributed by atoms with E-state index < -0.39 is 29.4 Å². The summed E-state index contributed by atoms with van der Waals surface area (Å²) in [4.78, 5) is 38.0. The maximum Gasteiger partial charge on any atom is 0.294 e. The molecule has 6 nitrogen and oxygen atoms in total. The van der Waals surface area contributed by atoms with E-state index in [1.807, 2.05) is 12.1 Å². The summed E-state index contributed by atoms with van der Waals surface area (Å²) >= 11 is 0.786. The van der Waals surface area contributed by atoms with Gasteiger partial charge in [0.2, 0.25) is 5.91 Å². The highest BCUT2D eigenvalue weighted by Crippen LogP contribution is 2.32. The van der Waals surface area contributed by atoms with Crippen LogP contribution >= 0.6 is 11.8 Å². The minimum Gasteiger partial charge on any atom is -0.494 e. The van der Waals surface area contributed by atoms with E-state index in [-0.39, 0.29) is 4.91 Å². The maximum atomic E-state index is 12.9. The summed E-state index contributed by atoms with van der Waals surface area (Å²) in [5, 5.41) is 2.02. The van der Waals surface area contributed by atoms with Crippen molar-refractivity contribution < 1.29 is 23.5 Å². The third kappa shape index (κ3) is 5.70. The topological polar surface area (TPSA) is 75.7 Å². The first-order valence-electron chi connectivity index (χ1n) is 9.50. The van der Waals surface area contributed by atoms with Crippen LogP contribution in [0.2, 0.25) is 0 Å². The summed E-state index contributed by atoms with van der Waals surface area (Å²) in [5.74, 6) is -0.753. The molecule has 1 fully saturated rings. The molecule has 0 unspecified atom stereocenters. The number of carbonyl (C=O) groups excluding carboxylic acids is 3. The number of carbonyl (C=O) groups is 3. The maximum absolute atomic E-state index is 12.9. The van der Waals surface area contributed by atoms with Crippen molar-refractivity contribution >= 4 is 40.6 Å². The van der Waals surface area contributed by atoms with Crippen molar-refractivity contribution in [1.29, 1.82) is 0 Å². The molecule has 3 amide bonds. The Labute approximate surface area is 178 Å². The van der Waals surface area contributed by atoms with Crippen LogP contribution in [0.1, 0.15) is 25.3 Å². The highest BCUT2D eigenvalue weighted by molar-refractivity contribution is 8.18. The van der Waals surface area contributed by atoms with E-state index in [1.165, 1.54) is 24.3 Å². The van der Waals surface area contributed by atoms with Crippen molar-refractivity contribution in [2.45, 2.75) is 19.8 Å². The minimum atomic E-state index is -0.543. The van der Waals surface area contributed by atoms with Crippen LogP contribution in [0.5, 0.6) is 5.75 Å². The number of hydrogen-bond acceptors (Lipinski definition) is 5. The van der Waals surface area contributed by atoms with Crippen LogP contribution in [0.3, 0.4) is 0 Å². The molecule has 0 saturated carbocycles. The molecule has 1 saturated heterocycles. The molecule has 0 atom stereocenters. The van der Waals surface area contributed by atoms with Crippen LogP contribution in [-0.2, 0) is 9.59 Å². The Hall–Kier alpha value is -3.13. The van der Waals surface area contributed by atoms with Crippen molar-refractivity contribution in [1.82, 2.24) is 4.90 Å². The summed E-state index contributed by atoms with van der Waals surface area (Å²) in [7, 11) is 0. The number of amides is 3. The standard InChI is InChI=1S/C22H21FN2O4S/c1-2-3-12-29-18-10-4-15(5-11-18)13-19-21(27)25(22(28)30-19)14-20(26)24-17-8-6-16(23)7-9-17/h4-11,13H,2-3,12,14H2,1H3,(H,24,26)/b19-13-. The first kappa shape index (κ1) is 21.6. The average Bonchev–Trinajstić information content (AvgIpc) is 2.98. The number of nitrogens with one attached hydrogen (secondary N) is 1. The van der Waals surface area contributed by atoms with Crippen LogP contribution in [-0.4, -0.2) is 35.1 Å². The number of halogens is 1. The summed E-state index contributed by atoms with van der Waals surface area (Å²) in [6.45, 7) is 2.32. The molecule has 0 radical (unpaired) electrons. The van der Waals surface area contributed by atoms with Gasteiger partial charge in [-0.1, -0.05) is 25.5 Å². The van der Waals surface area contributed by atoms with E-state index in [0.717, 1.165) is 40.8 Å². The predicted octanol–water partition coefficient (Wildman–Crippen LogP) is 4.68. The van der Waals surface area contributed by atoms with E-state index in [0.29, 0.717) is 12.3 Å². The number of unbranched alkanes of at least 4 members (excludes halogenated alkanes) is 1. The molecule has 0 aromatic heterocycles. The van der Waals surface area contributed by atoms with Gasteiger partial charge in [0.05, 0.1) is 11.5 Å². The third-order valence-corrected chi connectivity index (χ3v) is 5.16. The van der Waals surface area contributed by atoms with Gasteiger partial charge in [-0.3, -0.25) is 19.3 Å². The first-order valence-corrected chi connectivity index (χ1v) is 10.3. The second-order valence-corrected chi connectivity index (χ2v) is 7.59. The fraction of sp³-hybridized carbons (Fsp3) is 0.227. The summed E-state index contributed by atoms with van der Waals surface area (Å²) in [6, 6.07) is 12.4. The number of rotatable bonds is 8. The third-order valence-electron chi connectivity index (χ3n) is 4.25. The SMILES string of the molecule is CCCCOc1ccc(/C=C2\SC(=O)N(CC(=O)Nc3ccc(F)cc3)C2=O)cc1. The second kappa shape index (κ2) is 10.1. The van der Waals surface area contributed by atoms with Crippen molar-refractivity contribution in [3.8, 4) is 5.75 Å². The van der Waals surface area contributed by atoms with Gasteiger partial charge in [-0.05, 0) is 66.2 Å². The van der Waals surface area contributed by atoms with Crippen LogP contribution in [0.15, 0.2) is 53.4 Å². The summed E-state index contributed by atoms with van der Waals surface area (Å²) < 4.78 is 18.5. The summed E-state index contributed by atoms with van der Waals surface area (Å²) in [5.41, 5.74) is 1.13. The van der Waals surface area contributed by atoms with Crippen LogP contribution < -0.4 is 10.1 Å². The van der Waals surface area contributed by atoms with Crippen LogP contribution in [0.4, 0.5) is 14.9 Å². The Balaban J connectivity index is 1.60. The largest absolute Gasteiger partial charge is 0.494 e. The molecule has 156 valence electrons. The van der Waals surface area contributed by atoms with Gasteiger partial charge in [-0.25, -0.2) is 4.39 Å². The molecule has 2 aromatic carbocycles. The Morgan fingerprint density at radius 3 is 2.50 bits per heavy atom. The fourth-order valence-electron chi connectivity index (χ4n) is 2.66. The molecule has 1 aliphatic heterocycles. The number of anilines is 1. The quantitative estimate of drug-likeness (QED) is 0.488. The van der Waals surface area contributed by atoms with E-state index in [4.69, 9.17) is 4.74 Å². The molecule has 1 heterocycles. The van der Waals surface area contributed by atoms with Crippen molar-refractivity contribution in [2.24, 2.45) is 0 Å². The van der Waals surface area contributed by atoms with Crippen LogP contribution in [0, 0.1) is 5.82 Å². The lowest BCUT2D eigenvalue weighted by atomic mass is 10.2. The lowest BCUT2D eigenvalue weighted by Gasteiger charge is -2.12. The number of nitrogens with zero attached hydrogens (tertiary/aromatic N) is 1. The lowest BCUT2D eigenvalue weighted by molar-refractivity contribution is -0.127. The zero-order chi connectivity index (χ0) is 21.5. The minimum absolute atomic E-state index is 0.245. The zero-order valence-electron chi connectivity index (χ0n) is 16.4. The Kier molecular flexibility index (Phi) is 7.24. The number of thioether (sulfide) groups is 1. The molecular formula is C22H21FN2O4S. The van der Waals surface area contributed by atoms with Crippen molar-refractivity contribution in [2.75, 3.05) is 18.5 Å². The molecule has 0 bridgehead atoms. The smallest absolute Gasteiger partial charge is 0.294 e. The molecule has 0 aliphatic carbocycles. The van der Waals surface area contributed by atoms with Crippen molar-refractivity contribution in [3.63, 3.8) is 0 Å². The molecule has 3 rings (SSSR count). The van der Waals surface area contributed by atoms with Gasteiger partial charge in [-0.15, -0.1) is 0 Å². The van der Waals surface area contributed by atoms with E-state index in [2.05, 4.69) is 12.2 Å². The Morgan fingerprint density at radius 2 is 1.83 bits per heavy atom. The van der Waals surface area contributed by atoms with Gasteiger partial charge in [0.25, 0.3) is 11.1 Å². The highest BCUT2D eigenvalue weighted by atomic mass is 32.2. The lowest BCUT2D eigenvalue weighted by Crippen LogP contribution is -2.36. The molecule has 8 heteroatoms. The predicted molar refractivity (Wildman–Crippen MR) is 115 cm³/mol. The van der Waals surface area contributed by atoms with Gasteiger partial charge < -0.3 is 10.1 Å². The number of benzene rings is 2. The first-order chi connectivity index (χ1) is 14.5. The van der Waals surface area contributed by atoms with Gasteiger partial charge in [0.1, 0.15) is 18.1 Å². The van der Waals surface area contributed by atoms with Gasteiger partial charge in [0, 0.05) is 5.69 Å². The normalized spacial score (nSPS) is 15.0.